The Bertz CT molecular complexity index is 1170. The summed E-state index contributed by atoms with van der Waals surface area (Å²) in [4.78, 5) is 40.1. The van der Waals surface area contributed by atoms with Crippen LogP contribution in [0.25, 0.3) is 0 Å². The number of nitrogens with one attached hydrogen (secondary N) is 1. The minimum absolute atomic E-state index is 0.0304. The third kappa shape index (κ3) is 3.92. The molecule has 1 fully saturated rings. The Hall–Kier alpha value is -3.47. The normalized spacial score (nSPS) is 19.5. The van der Waals surface area contributed by atoms with Crippen molar-refractivity contribution in [2.45, 2.75) is 26.1 Å². The van der Waals surface area contributed by atoms with Crippen molar-refractivity contribution >= 4 is 11.8 Å². The van der Waals surface area contributed by atoms with E-state index >= 15 is 0 Å². The van der Waals surface area contributed by atoms with E-state index in [2.05, 4.69) is 5.32 Å². The van der Waals surface area contributed by atoms with Crippen LogP contribution in [0.1, 0.15) is 39.8 Å². The molecule has 0 bridgehead atoms. The quantitative estimate of drug-likeness (QED) is 0.668. The number of aromatic nitrogens is 1. The number of hydrogen-bond acceptors (Lipinski definition) is 6. The number of benzene rings is 1. The van der Waals surface area contributed by atoms with E-state index in [9.17, 15) is 28.3 Å². The van der Waals surface area contributed by atoms with Gasteiger partial charge in [-0.3, -0.25) is 24.1 Å². The summed E-state index contributed by atoms with van der Waals surface area (Å²) < 4.78 is 33.6. The largest absolute Gasteiger partial charge is 0.502 e. The highest BCUT2D eigenvalue weighted by Crippen LogP contribution is 2.32. The lowest BCUT2D eigenvalue weighted by Gasteiger charge is -2.42. The summed E-state index contributed by atoms with van der Waals surface area (Å²) in [5.74, 6) is -3.68. The molecule has 1 saturated heterocycles. The molecule has 1 aromatic heterocycles. The molecule has 4 rings (SSSR count). The maximum absolute atomic E-state index is 13.9. The number of aromatic hydroxyl groups is 1. The number of carbonyl (C=O) groups is 2. The van der Waals surface area contributed by atoms with Gasteiger partial charge in [0.05, 0.1) is 6.61 Å². The summed E-state index contributed by atoms with van der Waals surface area (Å²) in [6, 6.07) is 2.93. The van der Waals surface area contributed by atoms with Crippen LogP contribution in [0.2, 0.25) is 0 Å². The van der Waals surface area contributed by atoms with E-state index in [1.54, 1.807) is 18.9 Å². The zero-order valence-corrected chi connectivity index (χ0v) is 18.2. The number of halogens is 2. The Morgan fingerprint density at radius 3 is 2.73 bits per heavy atom. The van der Waals surface area contributed by atoms with Crippen LogP contribution in [0.3, 0.4) is 0 Å². The molecule has 2 atom stereocenters. The van der Waals surface area contributed by atoms with Gasteiger partial charge < -0.3 is 20.1 Å². The maximum atomic E-state index is 13.9. The number of rotatable bonds is 6. The highest BCUT2D eigenvalue weighted by molar-refractivity contribution is 5.99. The SMILES string of the molecule is CCN1C(=O)c2c(O)c(=O)c(C(=O)NCc3ccc(F)cc3F)cn2N2C[C@H](COC)C[C@@H]12. The molecule has 2 N–H and O–H groups in total. The molecule has 0 saturated carbocycles. The van der Waals surface area contributed by atoms with Gasteiger partial charge in [0.1, 0.15) is 23.4 Å². The number of carbonyl (C=O) groups excluding carboxylic acids is 2. The first-order valence-corrected chi connectivity index (χ1v) is 10.5. The van der Waals surface area contributed by atoms with Crippen molar-refractivity contribution in [1.29, 1.82) is 0 Å². The summed E-state index contributed by atoms with van der Waals surface area (Å²) in [6.07, 6.45) is 1.53. The molecule has 0 unspecified atom stereocenters. The first-order valence-electron chi connectivity index (χ1n) is 10.5. The van der Waals surface area contributed by atoms with Crippen LogP contribution in [0.4, 0.5) is 8.78 Å². The van der Waals surface area contributed by atoms with Crippen LogP contribution in [-0.4, -0.2) is 59.5 Å². The zero-order chi connectivity index (χ0) is 23.9. The van der Waals surface area contributed by atoms with Crippen LogP contribution in [0.15, 0.2) is 29.2 Å². The smallest absolute Gasteiger partial charge is 0.278 e. The van der Waals surface area contributed by atoms with Gasteiger partial charge in [-0.05, 0) is 19.4 Å². The minimum atomic E-state index is -1.01. The van der Waals surface area contributed by atoms with E-state index in [1.807, 2.05) is 5.01 Å². The van der Waals surface area contributed by atoms with Crippen molar-refractivity contribution in [2.24, 2.45) is 5.92 Å². The lowest BCUT2D eigenvalue weighted by Crippen LogP contribution is -2.58. The lowest BCUT2D eigenvalue weighted by atomic mass is 10.1. The number of hydrogen-bond donors (Lipinski definition) is 2. The van der Waals surface area contributed by atoms with Crippen molar-refractivity contribution in [3.63, 3.8) is 0 Å². The number of methoxy groups -OCH3 is 1. The second-order valence-corrected chi connectivity index (χ2v) is 8.08. The lowest BCUT2D eigenvalue weighted by molar-refractivity contribution is 0.0598. The Balaban J connectivity index is 1.68. The fourth-order valence-electron chi connectivity index (χ4n) is 4.47. The van der Waals surface area contributed by atoms with Gasteiger partial charge in [0, 0.05) is 50.5 Å². The van der Waals surface area contributed by atoms with E-state index in [0.717, 1.165) is 6.07 Å². The Morgan fingerprint density at radius 2 is 2.06 bits per heavy atom. The number of ether oxygens (including phenoxy) is 1. The summed E-state index contributed by atoms with van der Waals surface area (Å²) >= 11 is 0. The number of amides is 2. The molecular formula is C22H24F2N4O5. The van der Waals surface area contributed by atoms with Crippen molar-refractivity contribution in [3.05, 3.63) is 63.1 Å². The van der Waals surface area contributed by atoms with Crippen LogP contribution in [0, 0.1) is 17.6 Å². The summed E-state index contributed by atoms with van der Waals surface area (Å²) in [7, 11) is 1.59. The highest BCUT2D eigenvalue weighted by Gasteiger charge is 2.45. The molecule has 0 aliphatic carbocycles. The maximum Gasteiger partial charge on any atom is 0.278 e. The zero-order valence-electron chi connectivity index (χ0n) is 18.2. The Labute approximate surface area is 188 Å². The van der Waals surface area contributed by atoms with Crippen molar-refractivity contribution in [3.8, 4) is 5.75 Å². The van der Waals surface area contributed by atoms with Crippen LogP contribution >= 0.6 is 0 Å². The number of nitrogens with zero attached hydrogens (tertiary/aromatic N) is 3. The first kappa shape index (κ1) is 22.7. The van der Waals surface area contributed by atoms with Crippen molar-refractivity contribution < 1.29 is 28.2 Å². The van der Waals surface area contributed by atoms with Gasteiger partial charge in [0.15, 0.2) is 11.4 Å². The predicted molar refractivity (Wildman–Crippen MR) is 113 cm³/mol. The van der Waals surface area contributed by atoms with Crippen LogP contribution in [0.5, 0.6) is 5.75 Å². The second kappa shape index (κ2) is 8.81. The molecule has 0 spiro atoms. The average molecular weight is 462 g/mol. The summed E-state index contributed by atoms with van der Waals surface area (Å²) in [5, 5.41) is 14.8. The Morgan fingerprint density at radius 1 is 1.30 bits per heavy atom. The molecule has 176 valence electrons. The van der Waals surface area contributed by atoms with Gasteiger partial charge >= 0.3 is 0 Å². The molecule has 1 aromatic carbocycles. The van der Waals surface area contributed by atoms with E-state index in [1.165, 1.54) is 16.9 Å². The molecule has 33 heavy (non-hydrogen) atoms. The van der Waals surface area contributed by atoms with Gasteiger partial charge in [-0.2, -0.15) is 0 Å². The van der Waals surface area contributed by atoms with E-state index in [0.29, 0.717) is 32.2 Å². The van der Waals surface area contributed by atoms with Gasteiger partial charge in [-0.1, -0.05) is 6.07 Å². The van der Waals surface area contributed by atoms with E-state index < -0.39 is 40.2 Å². The average Bonchev–Trinajstić information content (AvgIpc) is 3.19. The Kier molecular flexibility index (Phi) is 6.07. The van der Waals surface area contributed by atoms with Gasteiger partial charge in [0.2, 0.25) is 5.43 Å². The topological polar surface area (TPSA) is 104 Å². The first-order chi connectivity index (χ1) is 15.8. The van der Waals surface area contributed by atoms with Crippen molar-refractivity contribution in [1.82, 2.24) is 14.9 Å². The summed E-state index contributed by atoms with van der Waals surface area (Å²) in [5.41, 5.74) is -1.58. The molecule has 2 aliphatic heterocycles. The fourth-order valence-corrected chi connectivity index (χ4v) is 4.47. The fraction of sp³-hybridized carbons (Fsp3) is 0.409. The summed E-state index contributed by atoms with van der Waals surface area (Å²) in [6.45, 7) is 2.84. The van der Waals surface area contributed by atoms with Gasteiger partial charge in [-0.25, -0.2) is 8.78 Å². The van der Waals surface area contributed by atoms with Crippen LogP contribution < -0.4 is 15.8 Å². The number of pyridine rings is 1. The van der Waals surface area contributed by atoms with E-state index in [-0.39, 0.29) is 29.9 Å². The number of fused-ring (bicyclic) bond motifs is 3. The molecule has 3 heterocycles. The molecule has 2 aliphatic rings. The monoisotopic (exact) mass is 462 g/mol. The third-order valence-electron chi connectivity index (χ3n) is 6.04. The molecule has 11 heteroatoms. The van der Waals surface area contributed by atoms with Gasteiger partial charge in [-0.15, -0.1) is 0 Å². The molecular weight excluding hydrogens is 438 g/mol. The predicted octanol–water partition coefficient (Wildman–Crippen LogP) is 1.17. The van der Waals surface area contributed by atoms with Crippen LogP contribution in [-0.2, 0) is 11.3 Å². The molecule has 9 nitrogen and oxygen atoms in total. The highest BCUT2D eigenvalue weighted by atomic mass is 19.1. The van der Waals surface area contributed by atoms with E-state index in [4.69, 9.17) is 4.74 Å². The van der Waals surface area contributed by atoms with Gasteiger partial charge in [0.25, 0.3) is 11.8 Å². The standard InChI is InChI=1S/C22H24F2N4O5/c1-3-26-17-6-12(11-33-2)9-27(17)28-10-15(19(29)20(30)18(28)22(26)32)21(31)25-8-13-4-5-14(23)7-16(13)24/h4-5,7,10,12,17,30H,3,6,8-9,11H2,1-2H3,(H,25,31)/t12-,17+/m1/s1. The third-order valence-corrected chi connectivity index (χ3v) is 6.04. The molecule has 2 amide bonds. The second-order valence-electron chi connectivity index (χ2n) is 8.08. The minimum Gasteiger partial charge on any atom is -0.502 e. The van der Waals surface area contributed by atoms with Crippen molar-refractivity contribution in [2.75, 3.05) is 31.8 Å². The molecule has 2 aromatic rings. The molecule has 0 radical (unpaired) electrons.